The molecule has 0 saturated heterocycles. The lowest BCUT2D eigenvalue weighted by Crippen LogP contribution is -2.04. The Labute approximate surface area is 123 Å². The van der Waals surface area contributed by atoms with Gasteiger partial charge < -0.3 is 11.1 Å². The number of carbonyl (C=O) groups is 1. The van der Waals surface area contributed by atoms with E-state index >= 15 is 0 Å². The molecule has 0 amide bonds. The highest BCUT2D eigenvalue weighted by Crippen LogP contribution is 2.30. The number of aryl methyl sites for hydroxylation is 1. The average Bonchev–Trinajstić information content (AvgIpc) is 2.72. The van der Waals surface area contributed by atoms with E-state index in [1.807, 2.05) is 45.0 Å². The number of hydrogen-bond acceptors (Lipinski definition) is 5. The number of nitrogens with two attached hydrogens (primary N) is 1. The number of hydrogen-bond donors (Lipinski definition) is 2. The highest BCUT2D eigenvalue weighted by Gasteiger charge is 2.17. The zero-order valence-electron chi connectivity index (χ0n) is 11.9. The highest BCUT2D eigenvalue weighted by atomic mass is 32.1. The van der Waals surface area contributed by atoms with Crippen molar-refractivity contribution in [1.29, 1.82) is 0 Å². The predicted molar refractivity (Wildman–Crippen MR) is 84.8 cm³/mol. The average molecular weight is 289 g/mol. The Morgan fingerprint density at radius 2 is 2.10 bits per heavy atom. The molecular weight excluding hydrogens is 270 g/mol. The first kappa shape index (κ1) is 14.5. The lowest BCUT2D eigenvalue weighted by Gasteiger charge is -2.05. The van der Waals surface area contributed by atoms with Crippen LogP contribution in [0.25, 0.3) is 0 Å². The van der Waals surface area contributed by atoms with Crippen LogP contribution in [0.1, 0.15) is 35.5 Å². The third-order valence-corrected chi connectivity index (χ3v) is 3.91. The number of thiazole rings is 1. The maximum Gasteiger partial charge on any atom is 0.189 e. The monoisotopic (exact) mass is 289 g/mol. The predicted octanol–water partition coefficient (Wildman–Crippen LogP) is 4.01. The van der Waals surface area contributed by atoms with Crippen molar-refractivity contribution in [1.82, 2.24) is 4.98 Å². The van der Waals surface area contributed by atoms with Crippen molar-refractivity contribution in [3.63, 3.8) is 0 Å². The number of benzene rings is 1. The van der Waals surface area contributed by atoms with Crippen LogP contribution < -0.4 is 11.1 Å². The zero-order chi connectivity index (χ0) is 14.7. The number of carbonyl (C=O) groups excluding carboxylic acids is 1. The summed E-state index contributed by atoms with van der Waals surface area (Å²) in [5.41, 5.74) is 7.95. The van der Waals surface area contributed by atoms with Gasteiger partial charge in [-0.1, -0.05) is 43.4 Å². The molecular formula is C15H19N3OS. The van der Waals surface area contributed by atoms with Crippen molar-refractivity contribution in [2.24, 2.45) is 5.92 Å². The van der Waals surface area contributed by atoms with E-state index in [0.29, 0.717) is 28.2 Å². The van der Waals surface area contributed by atoms with E-state index in [0.717, 1.165) is 11.3 Å². The van der Waals surface area contributed by atoms with Crippen molar-refractivity contribution in [2.75, 3.05) is 11.1 Å². The molecule has 0 aliphatic carbocycles. The van der Waals surface area contributed by atoms with E-state index in [1.165, 1.54) is 11.3 Å². The molecule has 5 heteroatoms. The van der Waals surface area contributed by atoms with Crippen LogP contribution in [0.3, 0.4) is 0 Å². The van der Waals surface area contributed by atoms with Crippen LogP contribution in [0.15, 0.2) is 24.3 Å². The molecule has 3 N–H and O–H groups in total. The van der Waals surface area contributed by atoms with Crippen LogP contribution in [0.2, 0.25) is 0 Å². The van der Waals surface area contributed by atoms with Gasteiger partial charge in [0.05, 0.1) is 0 Å². The first-order valence-corrected chi connectivity index (χ1v) is 7.41. The van der Waals surface area contributed by atoms with E-state index in [-0.39, 0.29) is 5.78 Å². The molecule has 0 fully saturated rings. The highest BCUT2D eigenvalue weighted by molar-refractivity contribution is 7.18. The third-order valence-electron chi connectivity index (χ3n) is 2.89. The molecule has 0 bridgehead atoms. The molecule has 0 atom stereocenters. The minimum absolute atomic E-state index is 0.0628. The maximum atomic E-state index is 12.1. The van der Waals surface area contributed by atoms with Gasteiger partial charge in [0.15, 0.2) is 10.9 Å². The molecule has 2 rings (SSSR count). The fourth-order valence-electron chi connectivity index (χ4n) is 1.88. The minimum atomic E-state index is 0.0628. The number of rotatable bonds is 5. The Balaban J connectivity index is 2.19. The standard InChI is InChI=1S/C15H19N3OS/c1-9(2)8-12(19)13-14(16)18-15(20-13)17-11-7-5-4-6-10(11)3/h4-7,9H,8,16H2,1-3H3,(H,17,18). The zero-order valence-corrected chi connectivity index (χ0v) is 12.8. The molecule has 106 valence electrons. The molecule has 0 unspecified atom stereocenters. The van der Waals surface area contributed by atoms with Gasteiger partial charge in [-0.3, -0.25) is 4.79 Å². The van der Waals surface area contributed by atoms with Crippen LogP contribution in [0, 0.1) is 12.8 Å². The second kappa shape index (κ2) is 6.05. The van der Waals surface area contributed by atoms with Gasteiger partial charge in [-0.2, -0.15) is 0 Å². The van der Waals surface area contributed by atoms with Gasteiger partial charge in [-0.25, -0.2) is 4.98 Å². The van der Waals surface area contributed by atoms with Crippen molar-refractivity contribution in [3.05, 3.63) is 34.7 Å². The first-order chi connectivity index (χ1) is 9.47. The number of nitrogens with one attached hydrogen (secondary N) is 1. The van der Waals surface area contributed by atoms with Gasteiger partial charge in [-0.05, 0) is 24.5 Å². The molecule has 0 spiro atoms. The Morgan fingerprint density at radius 3 is 2.75 bits per heavy atom. The lowest BCUT2D eigenvalue weighted by atomic mass is 10.1. The molecule has 1 aromatic heterocycles. The quantitative estimate of drug-likeness (QED) is 0.816. The van der Waals surface area contributed by atoms with Crippen molar-refractivity contribution < 1.29 is 4.79 Å². The molecule has 1 aromatic carbocycles. The number of nitrogens with zero attached hydrogens (tertiary/aromatic N) is 1. The number of ketones is 1. The summed E-state index contributed by atoms with van der Waals surface area (Å²) >= 11 is 1.32. The number of anilines is 3. The summed E-state index contributed by atoms with van der Waals surface area (Å²) in [5, 5.41) is 3.87. The summed E-state index contributed by atoms with van der Waals surface area (Å²) in [6.07, 6.45) is 0.496. The van der Waals surface area contributed by atoms with Crippen molar-refractivity contribution >= 4 is 33.8 Å². The molecule has 4 nitrogen and oxygen atoms in total. The number of aromatic nitrogens is 1. The second-order valence-electron chi connectivity index (χ2n) is 5.19. The summed E-state index contributed by atoms with van der Waals surface area (Å²) in [7, 11) is 0. The van der Waals surface area contributed by atoms with Gasteiger partial charge in [0.1, 0.15) is 10.7 Å². The van der Waals surface area contributed by atoms with Crippen LogP contribution in [0.4, 0.5) is 16.6 Å². The SMILES string of the molecule is Cc1ccccc1Nc1nc(N)c(C(=O)CC(C)C)s1. The Hall–Kier alpha value is -1.88. The summed E-state index contributed by atoms with van der Waals surface area (Å²) in [6, 6.07) is 7.93. The van der Waals surface area contributed by atoms with Crippen LogP contribution in [-0.4, -0.2) is 10.8 Å². The Kier molecular flexibility index (Phi) is 4.39. The maximum absolute atomic E-state index is 12.1. The molecule has 0 aliphatic rings. The topological polar surface area (TPSA) is 68.0 Å². The summed E-state index contributed by atoms with van der Waals surface area (Å²) in [6.45, 7) is 6.05. The van der Waals surface area contributed by atoms with Gasteiger partial charge in [0.2, 0.25) is 0 Å². The first-order valence-electron chi connectivity index (χ1n) is 6.59. The largest absolute Gasteiger partial charge is 0.382 e. The minimum Gasteiger partial charge on any atom is -0.382 e. The van der Waals surface area contributed by atoms with Gasteiger partial charge in [-0.15, -0.1) is 0 Å². The number of Topliss-reactive ketones (excluding diaryl/α,β-unsaturated/α-hetero) is 1. The summed E-state index contributed by atoms with van der Waals surface area (Å²) in [4.78, 5) is 16.9. The van der Waals surface area contributed by atoms with E-state index in [2.05, 4.69) is 10.3 Å². The lowest BCUT2D eigenvalue weighted by molar-refractivity contribution is 0.0972. The molecule has 0 aliphatic heterocycles. The second-order valence-corrected chi connectivity index (χ2v) is 6.19. The van der Waals surface area contributed by atoms with E-state index in [9.17, 15) is 4.79 Å². The fraction of sp³-hybridized carbons (Fsp3) is 0.333. The van der Waals surface area contributed by atoms with Gasteiger partial charge in [0, 0.05) is 12.1 Å². The summed E-state index contributed by atoms with van der Waals surface area (Å²) in [5.74, 6) is 0.696. The smallest absolute Gasteiger partial charge is 0.189 e. The van der Waals surface area contributed by atoms with Gasteiger partial charge >= 0.3 is 0 Å². The van der Waals surface area contributed by atoms with E-state index < -0.39 is 0 Å². The van der Waals surface area contributed by atoms with Gasteiger partial charge in [0.25, 0.3) is 0 Å². The van der Waals surface area contributed by atoms with Crippen molar-refractivity contribution in [3.8, 4) is 0 Å². The van der Waals surface area contributed by atoms with Crippen molar-refractivity contribution in [2.45, 2.75) is 27.2 Å². The molecule has 0 saturated carbocycles. The molecule has 20 heavy (non-hydrogen) atoms. The number of nitrogen functional groups attached to an aromatic ring is 1. The van der Waals surface area contributed by atoms with Crippen LogP contribution in [0.5, 0.6) is 0 Å². The normalized spacial score (nSPS) is 10.8. The van der Waals surface area contributed by atoms with Crippen LogP contribution in [-0.2, 0) is 0 Å². The molecule has 0 radical (unpaired) electrons. The Bertz CT molecular complexity index is 619. The Morgan fingerprint density at radius 1 is 1.40 bits per heavy atom. The van der Waals surface area contributed by atoms with Crippen LogP contribution >= 0.6 is 11.3 Å². The fourth-order valence-corrected chi connectivity index (χ4v) is 2.72. The van der Waals surface area contributed by atoms with E-state index in [4.69, 9.17) is 5.73 Å². The third kappa shape index (κ3) is 3.36. The summed E-state index contributed by atoms with van der Waals surface area (Å²) < 4.78 is 0. The molecule has 2 aromatic rings. The van der Waals surface area contributed by atoms with E-state index in [1.54, 1.807) is 0 Å². The number of para-hydroxylation sites is 1. The molecule has 1 heterocycles.